The number of nitrogens with one attached hydrogen (secondary N) is 1. The standard InChI is InChI=1S/C16H19FN2O2/c17-13-7-3-4-8-14(13)19-10-11(9-15(19)20)16(21)18-12-5-1-2-6-12/h3-4,7-8,11-12H,1-2,5-6,9-10H2,(H,18,21). The molecule has 112 valence electrons. The van der Waals surface area contributed by atoms with E-state index in [1.54, 1.807) is 18.2 Å². The zero-order valence-electron chi connectivity index (χ0n) is 11.8. The normalized spacial score (nSPS) is 22.8. The number of anilines is 1. The lowest BCUT2D eigenvalue weighted by molar-refractivity contribution is -0.126. The number of carbonyl (C=O) groups is 2. The molecule has 0 aromatic heterocycles. The Labute approximate surface area is 123 Å². The smallest absolute Gasteiger partial charge is 0.227 e. The summed E-state index contributed by atoms with van der Waals surface area (Å²) in [6, 6.07) is 6.43. The predicted molar refractivity (Wildman–Crippen MR) is 77.3 cm³/mol. The summed E-state index contributed by atoms with van der Waals surface area (Å²) in [6.07, 6.45) is 4.49. The van der Waals surface area contributed by atoms with Crippen LogP contribution in [0.15, 0.2) is 24.3 Å². The summed E-state index contributed by atoms with van der Waals surface area (Å²) < 4.78 is 13.8. The van der Waals surface area contributed by atoms with Crippen molar-refractivity contribution in [2.45, 2.75) is 38.1 Å². The summed E-state index contributed by atoms with van der Waals surface area (Å²) in [5, 5.41) is 3.02. The van der Waals surface area contributed by atoms with Gasteiger partial charge in [0.15, 0.2) is 0 Å². The fourth-order valence-corrected chi connectivity index (χ4v) is 3.18. The number of benzene rings is 1. The molecule has 1 heterocycles. The number of hydrogen-bond acceptors (Lipinski definition) is 2. The molecule has 2 amide bonds. The number of halogens is 1. The molecule has 4 nitrogen and oxygen atoms in total. The van der Waals surface area contributed by atoms with Gasteiger partial charge in [-0.3, -0.25) is 9.59 Å². The first-order chi connectivity index (χ1) is 10.1. The number of amides is 2. The number of carbonyl (C=O) groups excluding carboxylic acids is 2. The van der Waals surface area contributed by atoms with Crippen molar-refractivity contribution in [2.75, 3.05) is 11.4 Å². The van der Waals surface area contributed by atoms with Gasteiger partial charge >= 0.3 is 0 Å². The molecular formula is C16H19FN2O2. The molecule has 1 N–H and O–H groups in total. The Morgan fingerprint density at radius 3 is 2.67 bits per heavy atom. The SMILES string of the molecule is O=C(NC1CCCC1)C1CC(=O)N(c2ccccc2F)C1. The zero-order valence-corrected chi connectivity index (χ0v) is 11.8. The second-order valence-electron chi connectivity index (χ2n) is 5.85. The van der Waals surface area contributed by atoms with Gasteiger partial charge in [0.2, 0.25) is 11.8 Å². The van der Waals surface area contributed by atoms with E-state index in [-0.39, 0.29) is 42.4 Å². The minimum Gasteiger partial charge on any atom is -0.353 e. The van der Waals surface area contributed by atoms with Crippen molar-refractivity contribution in [3.8, 4) is 0 Å². The van der Waals surface area contributed by atoms with E-state index in [4.69, 9.17) is 0 Å². The molecule has 1 unspecified atom stereocenters. The molecule has 0 radical (unpaired) electrons. The molecule has 0 bridgehead atoms. The molecule has 5 heteroatoms. The average Bonchev–Trinajstić information content (AvgIpc) is 3.09. The maximum absolute atomic E-state index is 13.8. The highest BCUT2D eigenvalue weighted by atomic mass is 19.1. The Balaban J connectivity index is 1.67. The van der Waals surface area contributed by atoms with Crippen LogP contribution in [0.5, 0.6) is 0 Å². The lowest BCUT2D eigenvalue weighted by atomic mass is 10.1. The van der Waals surface area contributed by atoms with Crippen molar-refractivity contribution >= 4 is 17.5 Å². The Hall–Kier alpha value is -1.91. The van der Waals surface area contributed by atoms with Crippen LogP contribution in [0.3, 0.4) is 0 Å². The van der Waals surface area contributed by atoms with Gasteiger partial charge in [0, 0.05) is 19.0 Å². The third kappa shape index (κ3) is 2.91. The van der Waals surface area contributed by atoms with E-state index >= 15 is 0 Å². The molecule has 1 atom stereocenters. The largest absolute Gasteiger partial charge is 0.353 e. The van der Waals surface area contributed by atoms with E-state index < -0.39 is 5.82 Å². The number of para-hydroxylation sites is 1. The molecule has 2 fully saturated rings. The van der Waals surface area contributed by atoms with Crippen molar-refractivity contribution in [1.82, 2.24) is 5.32 Å². The molecule has 1 aliphatic carbocycles. The van der Waals surface area contributed by atoms with Crippen LogP contribution in [-0.2, 0) is 9.59 Å². The highest BCUT2D eigenvalue weighted by Crippen LogP contribution is 2.28. The van der Waals surface area contributed by atoms with Crippen molar-refractivity contribution in [3.63, 3.8) is 0 Å². The molecule has 1 aliphatic heterocycles. The van der Waals surface area contributed by atoms with Crippen LogP contribution < -0.4 is 10.2 Å². The first-order valence-electron chi connectivity index (χ1n) is 7.50. The molecule has 1 saturated heterocycles. The summed E-state index contributed by atoms with van der Waals surface area (Å²) in [5.74, 6) is -1.07. The quantitative estimate of drug-likeness (QED) is 0.928. The average molecular weight is 290 g/mol. The van der Waals surface area contributed by atoms with Gasteiger partial charge < -0.3 is 10.2 Å². The first-order valence-corrected chi connectivity index (χ1v) is 7.50. The summed E-state index contributed by atoms with van der Waals surface area (Å²) >= 11 is 0. The van der Waals surface area contributed by atoms with E-state index in [0.29, 0.717) is 0 Å². The van der Waals surface area contributed by atoms with Gasteiger partial charge in [0.25, 0.3) is 0 Å². The van der Waals surface area contributed by atoms with Crippen molar-refractivity contribution in [3.05, 3.63) is 30.1 Å². The number of rotatable bonds is 3. The topological polar surface area (TPSA) is 49.4 Å². The van der Waals surface area contributed by atoms with Gasteiger partial charge in [-0.15, -0.1) is 0 Å². The van der Waals surface area contributed by atoms with Crippen LogP contribution in [0.25, 0.3) is 0 Å². The summed E-state index contributed by atoms with van der Waals surface area (Å²) in [5.41, 5.74) is 0.263. The summed E-state index contributed by atoms with van der Waals surface area (Å²) in [7, 11) is 0. The molecule has 1 saturated carbocycles. The third-order valence-corrected chi connectivity index (χ3v) is 4.34. The Kier molecular flexibility index (Phi) is 3.90. The third-order valence-electron chi connectivity index (χ3n) is 4.34. The van der Waals surface area contributed by atoms with Gasteiger partial charge in [0.05, 0.1) is 11.6 Å². The minimum absolute atomic E-state index is 0.0749. The molecule has 1 aromatic rings. The van der Waals surface area contributed by atoms with Gasteiger partial charge in [-0.05, 0) is 25.0 Å². The molecule has 3 rings (SSSR count). The van der Waals surface area contributed by atoms with Crippen LogP contribution >= 0.6 is 0 Å². The minimum atomic E-state index is -0.428. The van der Waals surface area contributed by atoms with Crippen LogP contribution in [0, 0.1) is 11.7 Å². The van der Waals surface area contributed by atoms with Crippen LogP contribution in [0.1, 0.15) is 32.1 Å². The van der Waals surface area contributed by atoms with Crippen LogP contribution in [0.4, 0.5) is 10.1 Å². The highest BCUT2D eigenvalue weighted by Gasteiger charge is 2.36. The van der Waals surface area contributed by atoms with Crippen molar-refractivity contribution in [1.29, 1.82) is 0 Å². The predicted octanol–water partition coefficient (Wildman–Crippen LogP) is 2.24. The summed E-state index contributed by atoms with van der Waals surface area (Å²) in [6.45, 7) is 0.262. The van der Waals surface area contributed by atoms with Crippen molar-refractivity contribution < 1.29 is 14.0 Å². The molecular weight excluding hydrogens is 271 g/mol. The van der Waals surface area contributed by atoms with Crippen LogP contribution in [-0.4, -0.2) is 24.4 Å². The molecule has 1 aromatic carbocycles. The van der Waals surface area contributed by atoms with Gasteiger partial charge in [-0.2, -0.15) is 0 Å². The zero-order chi connectivity index (χ0) is 14.8. The first kappa shape index (κ1) is 14.0. The Morgan fingerprint density at radius 2 is 1.95 bits per heavy atom. The molecule has 0 spiro atoms. The molecule has 2 aliphatic rings. The lowest BCUT2D eigenvalue weighted by Gasteiger charge is -2.18. The van der Waals surface area contributed by atoms with E-state index in [0.717, 1.165) is 25.7 Å². The van der Waals surface area contributed by atoms with E-state index in [1.807, 2.05) is 0 Å². The summed E-state index contributed by atoms with van der Waals surface area (Å²) in [4.78, 5) is 25.7. The maximum Gasteiger partial charge on any atom is 0.227 e. The molecule has 21 heavy (non-hydrogen) atoms. The maximum atomic E-state index is 13.8. The lowest BCUT2D eigenvalue weighted by Crippen LogP contribution is -2.38. The fraction of sp³-hybridized carbons (Fsp3) is 0.500. The monoisotopic (exact) mass is 290 g/mol. The van der Waals surface area contributed by atoms with Crippen LogP contribution in [0.2, 0.25) is 0 Å². The van der Waals surface area contributed by atoms with E-state index in [2.05, 4.69) is 5.32 Å². The van der Waals surface area contributed by atoms with E-state index in [1.165, 1.54) is 11.0 Å². The second kappa shape index (κ2) is 5.84. The van der Waals surface area contributed by atoms with Gasteiger partial charge in [-0.25, -0.2) is 4.39 Å². The van der Waals surface area contributed by atoms with Gasteiger partial charge in [0.1, 0.15) is 5.82 Å². The fourth-order valence-electron chi connectivity index (χ4n) is 3.18. The number of nitrogens with zero attached hydrogens (tertiary/aromatic N) is 1. The highest BCUT2D eigenvalue weighted by molar-refractivity contribution is 6.00. The van der Waals surface area contributed by atoms with Crippen molar-refractivity contribution in [2.24, 2.45) is 5.92 Å². The Morgan fingerprint density at radius 1 is 1.24 bits per heavy atom. The van der Waals surface area contributed by atoms with E-state index in [9.17, 15) is 14.0 Å². The Bertz CT molecular complexity index is 555. The van der Waals surface area contributed by atoms with Gasteiger partial charge in [-0.1, -0.05) is 25.0 Å². The number of hydrogen-bond donors (Lipinski definition) is 1. The second-order valence-corrected chi connectivity index (χ2v) is 5.85.